The second-order valence-corrected chi connectivity index (χ2v) is 7.82. The number of esters is 1. The molecular formula is C23H24N4O3S. The van der Waals surface area contributed by atoms with Crippen LogP contribution in [0.2, 0.25) is 0 Å². The van der Waals surface area contributed by atoms with Gasteiger partial charge < -0.3 is 15.0 Å². The summed E-state index contributed by atoms with van der Waals surface area (Å²) in [4.78, 5) is 31.1. The average Bonchev–Trinajstić information content (AvgIpc) is 2.83. The maximum Gasteiger partial charge on any atom is 0.337 e. The van der Waals surface area contributed by atoms with Crippen LogP contribution in [0, 0.1) is 0 Å². The van der Waals surface area contributed by atoms with E-state index in [0.717, 1.165) is 37.1 Å². The Morgan fingerprint density at radius 2 is 1.81 bits per heavy atom. The molecule has 1 saturated heterocycles. The molecule has 7 nitrogen and oxygen atoms in total. The second-order valence-electron chi connectivity index (χ2n) is 7.42. The fraction of sp³-hybridized carbons (Fsp3) is 0.261. The standard InChI is InChI=1S/C23H24N4O3S/c1-30-22(28)17-6-8-19(9-7-17)27(31)23(29)25-18-11-14-26(15-12-18)21-20-5-3-2-4-16(20)10-13-24-21/h2-10,13,18,31H,11-12,14-15H2,1H3,(H,25,29). The molecule has 0 aliphatic carbocycles. The molecule has 2 aromatic carbocycles. The average molecular weight is 437 g/mol. The molecule has 1 aromatic heterocycles. The summed E-state index contributed by atoms with van der Waals surface area (Å²) < 4.78 is 5.94. The molecule has 4 rings (SSSR count). The molecule has 0 radical (unpaired) electrons. The minimum absolute atomic E-state index is 0.0581. The summed E-state index contributed by atoms with van der Waals surface area (Å²) in [7, 11) is 1.33. The number of carbonyl (C=O) groups excluding carboxylic acids is 2. The van der Waals surface area contributed by atoms with Crippen LogP contribution >= 0.6 is 12.8 Å². The van der Waals surface area contributed by atoms with Gasteiger partial charge in [0.2, 0.25) is 0 Å². The first-order chi connectivity index (χ1) is 15.1. The van der Waals surface area contributed by atoms with Crippen molar-refractivity contribution in [2.45, 2.75) is 18.9 Å². The molecule has 1 fully saturated rings. The van der Waals surface area contributed by atoms with Gasteiger partial charge in [-0.05, 0) is 48.6 Å². The predicted octanol–water partition coefficient (Wildman–Crippen LogP) is 4.05. The van der Waals surface area contributed by atoms with E-state index in [4.69, 9.17) is 0 Å². The third kappa shape index (κ3) is 4.59. The van der Waals surface area contributed by atoms with Crippen LogP contribution in [0.25, 0.3) is 10.8 Å². The molecule has 3 aromatic rings. The highest BCUT2D eigenvalue weighted by Crippen LogP contribution is 2.27. The van der Waals surface area contributed by atoms with Gasteiger partial charge in [0.15, 0.2) is 0 Å². The molecule has 1 aliphatic rings. The van der Waals surface area contributed by atoms with E-state index in [1.54, 1.807) is 24.3 Å². The topological polar surface area (TPSA) is 74.8 Å². The first kappa shape index (κ1) is 21.0. The number of amides is 2. The third-order valence-corrected chi connectivity index (χ3v) is 5.91. The third-order valence-electron chi connectivity index (χ3n) is 5.50. The number of ether oxygens (including phenoxy) is 1. The van der Waals surface area contributed by atoms with Crippen molar-refractivity contribution in [2.75, 3.05) is 29.4 Å². The van der Waals surface area contributed by atoms with Crippen LogP contribution in [0.3, 0.4) is 0 Å². The molecular weight excluding hydrogens is 412 g/mol. The maximum atomic E-state index is 12.6. The van der Waals surface area contributed by atoms with Crippen LogP contribution in [-0.4, -0.2) is 43.2 Å². The molecule has 31 heavy (non-hydrogen) atoms. The Balaban J connectivity index is 1.35. The number of nitrogens with one attached hydrogen (secondary N) is 1. The summed E-state index contributed by atoms with van der Waals surface area (Å²) in [5.74, 6) is 0.568. The zero-order chi connectivity index (χ0) is 21.8. The zero-order valence-corrected chi connectivity index (χ0v) is 18.1. The molecule has 1 aliphatic heterocycles. The van der Waals surface area contributed by atoms with Crippen molar-refractivity contribution in [2.24, 2.45) is 0 Å². The van der Waals surface area contributed by atoms with E-state index >= 15 is 0 Å². The summed E-state index contributed by atoms with van der Waals surface area (Å²) in [6.45, 7) is 1.62. The van der Waals surface area contributed by atoms with Gasteiger partial charge in [-0.15, -0.1) is 0 Å². The number of nitrogens with zero attached hydrogens (tertiary/aromatic N) is 3. The Morgan fingerprint density at radius 3 is 2.52 bits per heavy atom. The van der Waals surface area contributed by atoms with E-state index < -0.39 is 5.97 Å². The maximum absolute atomic E-state index is 12.6. The van der Waals surface area contributed by atoms with Crippen molar-refractivity contribution in [1.82, 2.24) is 10.3 Å². The number of rotatable bonds is 4. The van der Waals surface area contributed by atoms with Crippen LogP contribution < -0.4 is 14.5 Å². The molecule has 0 saturated carbocycles. The molecule has 0 atom stereocenters. The van der Waals surface area contributed by atoms with Crippen molar-refractivity contribution in [1.29, 1.82) is 0 Å². The lowest BCUT2D eigenvalue weighted by Gasteiger charge is -2.34. The fourth-order valence-corrected chi connectivity index (χ4v) is 3.99. The molecule has 1 N–H and O–H groups in total. The Morgan fingerprint density at radius 1 is 1.10 bits per heavy atom. The summed E-state index contributed by atoms with van der Waals surface area (Å²) >= 11 is 4.32. The Hall–Kier alpha value is -3.26. The van der Waals surface area contributed by atoms with E-state index in [1.807, 2.05) is 24.4 Å². The molecule has 160 valence electrons. The number of carbonyl (C=O) groups is 2. The van der Waals surface area contributed by atoms with Crippen molar-refractivity contribution in [3.8, 4) is 0 Å². The van der Waals surface area contributed by atoms with E-state index in [9.17, 15) is 9.59 Å². The lowest BCUT2D eigenvalue weighted by molar-refractivity contribution is 0.0600. The smallest absolute Gasteiger partial charge is 0.337 e. The number of thiol groups is 1. The minimum atomic E-state index is -0.422. The highest BCUT2D eigenvalue weighted by atomic mass is 32.1. The van der Waals surface area contributed by atoms with E-state index in [-0.39, 0.29) is 12.1 Å². The number of hydrogen-bond acceptors (Lipinski definition) is 6. The monoisotopic (exact) mass is 436 g/mol. The first-order valence-electron chi connectivity index (χ1n) is 10.1. The van der Waals surface area contributed by atoms with Gasteiger partial charge in [0.05, 0.1) is 18.4 Å². The highest BCUT2D eigenvalue weighted by Gasteiger charge is 2.24. The van der Waals surface area contributed by atoms with Crippen molar-refractivity contribution < 1.29 is 14.3 Å². The van der Waals surface area contributed by atoms with Crippen molar-refractivity contribution >= 4 is 47.1 Å². The van der Waals surface area contributed by atoms with Gasteiger partial charge in [-0.1, -0.05) is 37.1 Å². The number of pyridine rings is 1. The SMILES string of the molecule is COC(=O)c1ccc(N(S)C(=O)NC2CCN(c3nccc4ccccc34)CC2)cc1. The minimum Gasteiger partial charge on any atom is -0.465 e. The number of benzene rings is 2. The van der Waals surface area contributed by atoms with Crippen LogP contribution in [-0.2, 0) is 4.74 Å². The zero-order valence-electron chi connectivity index (χ0n) is 17.2. The number of hydrogen-bond donors (Lipinski definition) is 2. The lowest BCUT2D eigenvalue weighted by Crippen LogP contribution is -2.47. The molecule has 2 amide bonds. The Kier molecular flexibility index (Phi) is 6.27. The number of piperidine rings is 1. The predicted molar refractivity (Wildman–Crippen MR) is 125 cm³/mol. The van der Waals surface area contributed by atoms with Gasteiger partial charge in [0.25, 0.3) is 0 Å². The number of urea groups is 1. The lowest BCUT2D eigenvalue weighted by atomic mass is 10.0. The van der Waals surface area contributed by atoms with Crippen molar-refractivity contribution in [3.05, 3.63) is 66.4 Å². The van der Waals surface area contributed by atoms with Crippen molar-refractivity contribution in [3.63, 3.8) is 0 Å². The van der Waals surface area contributed by atoms with Crippen LogP contribution in [0.5, 0.6) is 0 Å². The van der Waals surface area contributed by atoms with Crippen LogP contribution in [0.1, 0.15) is 23.2 Å². The van der Waals surface area contributed by atoms with Crippen LogP contribution in [0.15, 0.2) is 60.8 Å². The summed E-state index contributed by atoms with van der Waals surface area (Å²) in [6, 6.07) is 16.5. The number of fused-ring (bicyclic) bond motifs is 1. The number of aromatic nitrogens is 1. The van der Waals surface area contributed by atoms with Gasteiger partial charge in [-0.2, -0.15) is 0 Å². The number of anilines is 2. The van der Waals surface area contributed by atoms with Gasteiger partial charge in [0, 0.05) is 30.7 Å². The fourth-order valence-electron chi connectivity index (χ4n) is 3.80. The Bertz CT molecular complexity index is 1080. The summed E-state index contributed by atoms with van der Waals surface area (Å²) in [6.07, 6.45) is 3.48. The van der Waals surface area contributed by atoms with E-state index in [0.29, 0.717) is 11.3 Å². The van der Waals surface area contributed by atoms with E-state index in [1.165, 1.54) is 16.8 Å². The Labute approximate surface area is 186 Å². The number of methoxy groups -OCH3 is 1. The molecule has 0 spiro atoms. The molecule has 0 unspecified atom stereocenters. The second kappa shape index (κ2) is 9.26. The van der Waals surface area contributed by atoms with Crippen LogP contribution in [0.4, 0.5) is 16.3 Å². The first-order valence-corrected chi connectivity index (χ1v) is 10.5. The van der Waals surface area contributed by atoms with Gasteiger partial charge in [-0.3, -0.25) is 0 Å². The largest absolute Gasteiger partial charge is 0.465 e. The molecule has 8 heteroatoms. The van der Waals surface area contributed by atoms with Gasteiger partial charge >= 0.3 is 12.0 Å². The summed E-state index contributed by atoms with van der Waals surface area (Å²) in [5, 5.41) is 5.36. The molecule has 0 bridgehead atoms. The van der Waals surface area contributed by atoms with E-state index in [2.05, 4.69) is 44.9 Å². The summed E-state index contributed by atoms with van der Waals surface area (Å²) in [5.41, 5.74) is 0.994. The normalized spacial score (nSPS) is 14.3. The highest BCUT2D eigenvalue weighted by molar-refractivity contribution is 7.82. The molecule has 2 heterocycles. The quantitative estimate of drug-likeness (QED) is 0.477. The van der Waals surface area contributed by atoms with Gasteiger partial charge in [0.1, 0.15) is 5.82 Å². The van der Waals surface area contributed by atoms with Gasteiger partial charge in [-0.25, -0.2) is 18.9 Å².